The predicted molar refractivity (Wildman–Crippen MR) is 145 cm³/mol. The van der Waals surface area contributed by atoms with Crippen LogP contribution in [-0.4, -0.2) is 59.5 Å². The minimum atomic E-state index is 0.0970. The maximum absolute atomic E-state index is 12.6. The number of phenols is 1. The standard InChI is InChI=1S/C29H27N7O2/c37-21-10-12-25-24(16-21)33-27(23-11-9-18-4-1-2-6-22(18)32-23)36(25)26-13-14-30-29(34-26)31-20-5-3-15-35(17-20)28(38)19-7-8-19/h1-2,4,6,9-14,16,19-20,37H,3,5,7-8,15,17H2,(H,30,31,34)/t20-/m0/s1. The van der Waals surface area contributed by atoms with Gasteiger partial charge in [-0.1, -0.05) is 24.3 Å². The van der Waals surface area contributed by atoms with Crippen LogP contribution in [0.15, 0.2) is 66.9 Å². The van der Waals surface area contributed by atoms with Gasteiger partial charge in [-0.2, -0.15) is 4.98 Å². The highest BCUT2D eigenvalue weighted by atomic mass is 16.3. The van der Waals surface area contributed by atoms with Crippen LogP contribution in [-0.2, 0) is 4.79 Å². The van der Waals surface area contributed by atoms with Crippen LogP contribution in [0.3, 0.4) is 0 Å². The maximum atomic E-state index is 12.6. The van der Waals surface area contributed by atoms with Crippen molar-refractivity contribution >= 4 is 33.8 Å². The number of aromatic nitrogens is 5. The number of nitrogens with one attached hydrogen (secondary N) is 1. The molecule has 3 aromatic heterocycles. The number of nitrogens with zero attached hydrogens (tertiary/aromatic N) is 6. The first-order valence-electron chi connectivity index (χ1n) is 13.1. The Morgan fingerprint density at radius 2 is 1.84 bits per heavy atom. The fourth-order valence-corrected chi connectivity index (χ4v) is 5.27. The molecule has 5 aromatic rings. The zero-order valence-electron chi connectivity index (χ0n) is 20.8. The molecule has 2 aromatic carbocycles. The van der Waals surface area contributed by atoms with Crippen molar-refractivity contribution in [2.75, 3.05) is 18.4 Å². The van der Waals surface area contributed by atoms with E-state index in [1.165, 1.54) is 0 Å². The van der Waals surface area contributed by atoms with Gasteiger partial charge in [-0.3, -0.25) is 9.36 Å². The first-order chi connectivity index (χ1) is 18.6. The van der Waals surface area contributed by atoms with E-state index in [0.717, 1.165) is 48.6 Å². The molecule has 38 heavy (non-hydrogen) atoms. The Kier molecular flexibility index (Phi) is 5.42. The lowest BCUT2D eigenvalue weighted by molar-refractivity contribution is -0.133. The van der Waals surface area contributed by atoms with Crippen molar-refractivity contribution < 1.29 is 9.90 Å². The molecule has 2 fully saturated rings. The van der Waals surface area contributed by atoms with E-state index in [2.05, 4.69) is 10.3 Å². The summed E-state index contributed by atoms with van der Waals surface area (Å²) in [5.74, 6) is 2.43. The summed E-state index contributed by atoms with van der Waals surface area (Å²) in [6.07, 6.45) is 5.68. The summed E-state index contributed by atoms with van der Waals surface area (Å²) in [5.41, 5.74) is 3.02. The summed E-state index contributed by atoms with van der Waals surface area (Å²) < 4.78 is 1.95. The van der Waals surface area contributed by atoms with Crippen molar-refractivity contribution in [3.05, 3.63) is 66.9 Å². The molecule has 0 bridgehead atoms. The van der Waals surface area contributed by atoms with Gasteiger partial charge in [0.1, 0.15) is 17.3 Å². The number of anilines is 1. The molecule has 0 unspecified atom stereocenters. The monoisotopic (exact) mass is 505 g/mol. The molecule has 9 heteroatoms. The number of piperidine rings is 1. The van der Waals surface area contributed by atoms with Crippen molar-refractivity contribution in [2.45, 2.75) is 31.7 Å². The normalized spacial score (nSPS) is 17.7. The predicted octanol–water partition coefficient (Wildman–Crippen LogP) is 4.55. The maximum Gasteiger partial charge on any atom is 0.225 e. The lowest BCUT2D eigenvalue weighted by atomic mass is 10.1. The van der Waals surface area contributed by atoms with Crippen molar-refractivity contribution in [1.82, 2.24) is 29.4 Å². The molecule has 0 spiro atoms. The van der Waals surface area contributed by atoms with Gasteiger partial charge in [-0.15, -0.1) is 0 Å². The molecule has 1 aliphatic carbocycles. The van der Waals surface area contributed by atoms with Crippen LogP contribution in [0.2, 0.25) is 0 Å². The summed E-state index contributed by atoms with van der Waals surface area (Å²) >= 11 is 0. The first kappa shape index (κ1) is 22.7. The minimum Gasteiger partial charge on any atom is -0.508 e. The van der Waals surface area contributed by atoms with Crippen molar-refractivity contribution in [3.8, 4) is 23.1 Å². The number of phenolic OH excluding ortho intramolecular Hbond substituents is 1. The number of likely N-dealkylation sites (tertiary alicyclic amines) is 1. The molecule has 1 amide bonds. The number of para-hydroxylation sites is 1. The topological polar surface area (TPSA) is 109 Å². The zero-order valence-corrected chi connectivity index (χ0v) is 20.8. The number of carbonyl (C=O) groups excluding carboxylic acids is 1. The van der Waals surface area contributed by atoms with Crippen LogP contribution < -0.4 is 5.32 Å². The highest BCUT2D eigenvalue weighted by Crippen LogP contribution is 2.33. The Hall–Kier alpha value is -4.53. The molecule has 4 heterocycles. The van der Waals surface area contributed by atoms with Crippen LogP contribution in [0.25, 0.3) is 39.3 Å². The van der Waals surface area contributed by atoms with Gasteiger partial charge >= 0.3 is 0 Å². The summed E-state index contributed by atoms with van der Waals surface area (Å²) in [7, 11) is 0. The molecule has 1 atom stereocenters. The number of amides is 1. The van der Waals surface area contributed by atoms with Gasteiger partial charge in [-0.05, 0) is 56.0 Å². The fourth-order valence-electron chi connectivity index (χ4n) is 5.27. The summed E-state index contributed by atoms with van der Waals surface area (Å²) in [5, 5.41) is 14.6. The Labute approximate surface area is 219 Å². The van der Waals surface area contributed by atoms with E-state index in [0.29, 0.717) is 35.3 Å². The lowest BCUT2D eigenvalue weighted by Gasteiger charge is -2.33. The third-order valence-electron chi connectivity index (χ3n) is 7.33. The number of pyridine rings is 1. The minimum absolute atomic E-state index is 0.0970. The fraction of sp³-hybridized carbons (Fsp3) is 0.276. The highest BCUT2D eigenvalue weighted by Gasteiger charge is 2.35. The average molecular weight is 506 g/mol. The molecule has 2 aliphatic rings. The van der Waals surface area contributed by atoms with Crippen LogP contribution in [0.5, 0.6) is 5.75 Å². The van der Waals surface area contributed by atoms with E-state index in [1.807, 2.05) is 58.0 Å². The van der Waals surface area contributed by atoms with Crippen LogP contribution in [0.1, 0.15) is 25.7 Å². The van der Waals surface area contributed by atoms with Gasteiger partial charge in [0.2, 0.25) is 11.9 Å². The molecule has 2 N–H and O–H groups in total. The number of rotatable bonds is 5. The smallest absolute Gasteiger partial charge is 0.225 e. The number of imidazole rings is 1. The third-order valence-corrected chi connectivity index (χ3v) is 7.33. The molecule has 0 radical (unpaired) electrons. The number of fused-ring (bicyclic) bond motifs is 2. The summed E-state index contributed by atoms with van der Waals surface area (Å²) in [6, 6.07) is 19.0. The molecule has 1 saturated heterocycles. The quantitative estimate of drug-likeness (QED) is 0.361. The van der Waals surface area contributed by atoms with Crippen LogP contribution in [0.4, 0.5) is 5.95 Å². The van der Waals surface area contributed by atoms with Crippen molar-refractivity contribution in [3.63, 3.8) is 0 Å². The van der Waals surface area contributed by atoms with Crippen molar-refractivity contribution in [1.29, 1.82) is 0 Å². The van der Waals surface area contributed by atoms with E-state index in [4.69, 9.17) is 15.0 Å². The summed E-state index contributed by atoms with van der Waals surface area (Å²) in [4.78, 5) is 33.6. The Morgan fingerprint density at radius 3 is 2.74 bits per heavy atom. The third kappa shape index (κ3) is 4.19. The van der Waals surface area contributed by atoms with E-state index >= 15 is 0 Å². The summed E-state index contributed by atoms with van der Waals surface area (Å²) in [6.45, 7) is 1.49. The van der Waals surface area contributed by atoms with Crippen LogP contribution in [0, 0.1) is 5.92 Å². The van der Waals surface area contributed by atoms with Gasteiger partial charge in [0.25, 0.3) is 0 Å². The first-order valence-corrected chi connectivity index (χ1v) is 13.1. The molecule has 1 aliphatic heterocycles. The highest BCUT2D eigenvalue weighted by molar-refractivity contribution is 5.86. The molecule has 7 rings (SSSR count). The SMILES string of the molecule is O=C(C1CC1)N1CCC[C@H](Nc2nccc(-n3c(-c4ccc5ccccc5n4)nc4cc(O)ccc43)n2)C1. The Balaban J connectivity index is 1.26. The van der Waals surface area contributed by atoms with Gasteiger partial charge < -0.3 is 15.3 Å². The number of carbonyl (C=O) groups is 1. The second-order valence-corrected chi connectivity index (χ2v) is 10.1. The van der Waals surface area contributed by atoms with E-state index in [-0.39, 0.29) is 23.6 Å². The van der Waals surface area contributed by atoms with Gasteiger partial charge in [0, 0.05) is 42.7 Å². The van der Waals surface area contributed by atoms with Gasteiger partial charge in [0.05, 0.1) is 16.6 Å². The number of aromatic hydroxyl groups is 1. The Morgan fingerprint density at radius 1 is 0.947 bits per heavy atom. The number of hydrogen-bond donors (Lipinski definition) is 2. The van der Waals surface area contributed by atoms with E-state index in [1.54, 1.807) is 18.3 Å². The van der Waals surface area contributed by atoms with Crippen molar-refractivity contribution in [2.24, 2.45) is 5.92 Å². The second kappa shape index (κ2) is 9.09. The zero-order chi connectivity index (χ0) is 25.6. The lowest BCUT2D eigenvalue weighted by Crippen LogP contribution is -2.45. The van der Waals surface area contributed by atoms with E-state index in [9.17, 15) is 9.90 Å². The molecule has 190 valence electrons. The Bertz CT molecular complexity index is 1680. The number of benzene rings is 2. The molecular formula is C29H27N7O2. The van der Waals surface area contributed by atoms with E-state index < -0.39 is 0 Å². The molecule has 1 saturated carbocycles. The molecular weight excluding hydrogens is 478 g/mol. The average Bonchev–Trinajstić information content (AvgIpc) is 3.73. The molecule has 9 nitrogen and oxygen atoms in total. The van der Waals surface area contributed by atoms with Crippen LogP contribution >= 0.6 is 0 Å². The second-order valence-electron chi connectivity index (χ2n) is 10.1. The number of hydrogen-bond acceptors (Lipinski definition) is 7. The van der Waals surface area contributed by atoms with Gasteiger partial charge in [-0.25, -0.2) is 15.0 Å². The largest absolute Gasteiger partial charge is 0.508 e. The van der Waals surface area contributed by atoms with Gasteiger partial charge in [0.15, 0.2) is 5.82 Å².